The third kappa shape index (κ3) is 4.71. The first kappa shape index (κ1) is 22.5. The van der Waals surface area contributed by atoms with Gasteiger partial charge in [0.05, 0.1) is 22.5 Å². The van der Waals surface area contributed by atoms with Crippen LogP contribution in [0.4, 0.5) is 0 Å². The first-order valence-electron chi connectivity index (χ1n) is 11.1. The van der Waals surface area contributed by atoms with E-state index in [1.807, 2.05) is 6.07 Å². The second-order valence-corrected chi connectivity index (χ2v) is 10.1. The minimum Gasteiger partial charge on any atom is -0.361 e. The van der Waals surface area contributed by atoms with E-state index in [0.717, 1.165) is 37.1 Å². The van der Waals surface area contributed by atoms with Gasteiger partial charge in [-0.2, -0.15) is 4.31 Å². The summed E-state index contributed by atoms with van der Waals surface area (Å²) in [7, 11) is -3.50. The Labute approximate surface area is 187 Å². The van der Waals surface area contributed by atoms with Gasteiger partial charge in [0.1, 0.15) is 17.3 Å². The van der Waals surface area contributed by atoms with Crippen LogP contribution in [0.15, 0.2) is 33.7 Å². The van der Waals surface area contributed by atoms with E-state index in [1.165, 1.54) is 0 Å². The van der Waals surface area contributed by atoms with Gasteiger partial charge >= 0.3 is 0 Å². The van der Waals surface area contributed by atoms with E-state index in [-0.39, 0.29) is 17.2 Å². The van der Waals surface area contributed by atoms with E-state index in [4.69, 9.17) is 9.51 Å². The summed E-state index contributed by atoms with van der Waals surface area (Å²) in [5.74, 6) is 1.39. The van der Waals surface area contributed by atoms with Crippen molar-refractivity contribution >= 4 is 27.0 Å². The highest BCUT2D eigenvalue weighted by molar-refractivity contribution is 7.89. The molecule has 1 aliphatic heterocycles. The van der Waals surface area contributed by atoms with Crippen LogP contribution < -0.4 is 5.32 Å². The number of carbonyl (C=O) groups is 1. The highest BCUT2D eigenvalue weighted by Gasteiger charge is 2.27. The van der Waals surface area contributed by atoms with Gasteiger partial charge in [-0.05, 0) is 44.4 Å². The Hall–Kier alpha value is -2.72. The van der Waals surface area contributed by atoms with E-state index in [0.29, 0.717) is 43.0 Å². The number of aromatic nitrogens is 3. The predicted molar refractivity (Wildman–Crippen MR) is 119 cm³/mol. The number of benzene rings is 1. The number of hydrogen-bond donors (Lipinski definition) is 1. The molecule has 32 heavy (non-hydrogen) atoms. The lowest BCUT2D eigenvalue weighted by molar-refractivity contribution is -0.121. The lowest BCUT2D eigenvalue weighted by atomic mass is 10.2. The summed E-state index contributed by atoms with van der Waals surface area (Å²) in [5, 5.41) is 6.72. The number of aryl methyl sites for hydroxylation is 3. The van der Waals surface area contributed by atoms with Crippen LogP contribution in [0.25, 0.3) is 11.0 Å². The zero-order valence-corrected chi connectivity index (χ0v) is 19.3. The second-order valence-electron chi connectivity index (χ2n) is 8.15. The van der Waals surface area contributed by atoms with Crippen LogP contribution >= 0.6 is 0 Å². The summed E-state index contributed by atoms with van der Waals surface area (Å²) in [6.07, 6.45) is 3.45. The lowest BCUT2D eigenvalue weighted by Gasteiger charge is -2.15. The van der Waals surface area contributed by atoms with Gasteiger partial charge in [0, 0.05) is 38.5 Å². The van der Waals surface area contributed by atoms with Crippen molar-refractivity contribution in [2.24, 2.45) is 0 Å². The Kier molecular flexibility index (Phi) is 6.61. The molecule has 1 amide bonds. The van der Waals surface area contributed by atoms with Crippen LogP contribution in [-0.4, -0.2) is 46.4 Å². The summed E-state index contributed by atoms with van der Waals surface area (Å²) >= 11 is 0. The zero-order valence-electron chi connectivity index (χ0n) is 18.5. The Bertz CT molecular complexity index is 1210. The number of rotatable bonds is 9. The normalized spacial score (nSPS) is 14.9. The molecule has 9 nitrogen and oxygen atoms in total. The van der Waals surface area contributed by atoms with Crippen molar-refractivity contribution in [1.82, 2.24) is 24.3 Å². The number of sulfonamides is 1. The van der Waals surface area contributed by atoms with Gasteiger partial charge in [-0.25, -0.2) is 13.4 Å². The van der Waals surface area contributed by atoms with E-state index < -0.39 is 10.0 Å². The molecule has 0 spiro atoms. The Morgan fingerprint density at radius 3 is 2.69 bits per heavy atom. The number of hydrogen-bond acceptors (Lipinski definition) is 6. The van der Waals surface area contributed by atoms with E-state index in [2.05, 4.69) is 22.0 Å². The van der Waals surface area contributed by atoms with E-state index >= 15 is 0 Å². The Balaban J connectivity index is 1.50. The molecule has 0 unspecified atom stereocenters. The molecule has 1 aromatic carbocycles. The molecule has 3 aromatic rings. The third-order valence-electron chi connectivity index (χ3n) is 5.67. The number of fused-ring (bicyclic) bond motifs is 1. The summed E-state index contributed by atoms with van der Waals surface area (Å²) < 4.78 is 34.5. The number of carbonyl (C=O) groups excluding carboxylic acids is 1. The van der Waals surface area contributed by atoms with E-state index in [9.17, 15) is 13.2 Å². The van der Waals surface area contributed by atoms with Crippen molar-refractivity contribution in [3.63, 3.8) is 0 Å². The molecule has 2 aromatic heterocycles. The SMILES string of the molecule is CCCn1c(CCC(=O)NCc2cc(C)on2)nc2cc(S(=O)(=O)N3CCCC3)ccc21. The maximum absolute atomic E-state index is 12.9. The fourth-order valence-electron chi connectivity index (χ4n) is 4.07. The molecule has 1 fully saturated rings. The Morgan fingerprint density at radius 2 is 2.00 bits per heavy atom. The monoisotopic (exact) mass is 459 g/mol. The average Bonchev–Trinajstić information content (AvgIpc) is 3.51. The predicted octanol–water partition coefficient (Wildman–Crippen LogP) is 2.78. The highest BCUT2D eigenvalue weighted by atomic mass is 32.2. The fraction of sp³-hybridized carbons (Fsp3) is 0.500. The van der Waals surface area contributed by atoms with Crippen molar-refractivity contribution in [2.45, 2.75) is 63.9 Å². The summed E-state index contributed by atoms with van der Waals surface area (Å²) in [6.45, 7) is 6.09. The molecule has 1 saturated heterocycles. The largest absolute Gasteiger partial charge is 0.361 e. The van der Waals surface area contributed by atoms with Crippen molar-refractivity contribution < 1.29 is 17.7 Å². The van der Waals surface area contributed by atoms with Crippen LogP contribution in [0, 0.1) is 6.92 Å². The topological polar surface area (TPSA) is 110 Å². The van der Waals surface area contributed by atoms with Gasteiger partial charge in [0.15, 0.2) is 0 Å². The van der Waals surface area contributed by atoms with Crippen LogP contribution in [0.5, 0.6) is 0 Å². The zero-order chi connectivity index (χ0) is 22.7. The minimum atomic E-state index is -3.50. The molecule has 1 N–H and O–H groups in total. The van der Waals surface area contributed by atoms with Gasteiger partial charge in [0.2, 0.25) is 15.9 Å². The van der Waals surface area contributed by atoms with Crippen LogP contribution in [0.3, 0.4) is 0 Å². The summed E-state index contributed by atoms with van der Waals surface area (Å²) in [5.41, 5.74) is 2.22. The smallest absolute Gasteiger partial charge is 0.243 e. The van der Waals surface area contributed by atoms with E-state index in [1.54, 1.807) is 29.4 Å². The van der Waals surface area contributed by atoms with Crippen LogP contribution in [0.1, 0.15) is 49.9 Å². The Morgan fingerprint density at radius 1 is 1.22 bits per heavy atom. The van der Waals surface area contributed by atoms with Gasteiger partial charge in [-0.15, -0.1) is 0 Å². The van der Waals surface area contributed by atoms with Gasteiger partial charge < -0.3 is 14.4 Å². The van der Waals surface area contributed by atoms with Gasteiger partial charge in [-0.1, -0.05) is 12.1 Å². The molecule has 0 atom stereocenters. The van der Waals surface area contributed by atoms with Crippen LogP contribution in [-0.2, 0) is 34.3 Å². The summed E-state index contributed by atoms with van der Waals surface area (Å²) in [6, 6.07) is 6.94. The quantitative estimate of drug-likeness (QED) is 0.527. The maximum Gasteiger partial charge on any atom is 0.243 e. The first-order chi connectivity index (χ1) is 15.4. The van der Waals surface area contributed by atoms with Crippen molar-refractivity contribution in [1.29, 1.82) is 0 Å². The third-order valence-corrected chi connectivity index (χ3v) is 7.56. The lowest BCUT2D eigenvalue weighted by Crippen LogP contribution is -2.27. The minimum absolute atomic E-state index is 0.0990. The van der Waals surface area contributed by atoms with Crippen LogP contribution in [0.2, 0.25) is 0 Å². The molecular weight excluding hydrogens is 430 g/mol. The molecule has 0 saturated carbocycles. The molecule has 0 radical (unpaired) electrons. The number of nitrogens with zero attached hydrogens (tertiary/aromatic N) is 4. The number of imidazole rings is 1. The summed E-state index contributed by atoms with van der Waals surface area (Å²) in [4.78, 5) is 17.3. The molecule has 172 valence electrons. The number of amides is 1. The molecule has 4 rings (SSSR count). The molecule has 0 bridgehead atoms. The van der Waals surface area contributed by atoms with Gasteiger partial charge in [-0.3, -0.25) is 4.79 Å². The standard InChI is InChI=1S/C22H29N5O4S/c1-3-10-27-20-7-6-18(32(29,30)26-11-4-5-12-26)14-19(20)24-21(27)8-9-22(28)23-15-17-13-16(2)31-25-17/h6-7,13-14H,3-5,8-12,15H2,1-2H3,(H,23,28). The van der Waals surface area contributed by atoms with Crippen molar-refractivity contribution in [2.75, 3.05) is 13.1 Å². The molecular formula is C22H29N5O4S. The molecule has 10 heteroatoms. The van der Waals surface area contributed by atoms with Crippen molar-refractivity contribution in [3.05, 3.63) is 41.5 Å². The molecule has 0 aliphatic carbocycles. The van der Waals surface area contributed by atoms with Crippen molar-refractivity contribution in [3.8, 4) is 0 Å². The molecule has 1 aliphatic rings. The van der Waals surface area contributed by atoms with Gasteiger partial charge in [0.25, 0.3) is 0 Å². The fourth-order valence-corrected chi connectivity index (χ4v) is 5.60. The average molecular weight is 460 g/mol. The first-order valence-corrected chi connectivity index (χ1v) is 12.5. The highest BCUT2D eigenvalue weighted by Crippen LogP contribution is 2.25. The number of nitrogens with one attached hydrogen (secondary N) is 1. The maximum atomic E-state index is 12.9. The second kappa shape index (κ2) is 9.41. The molecule has 3 heterocycles.